The summed E-state index contributed by atoms with van der Waals surface area (Å²) < 4.78 is 7.08. The molecule has 0 spiro atoms. The molecule has 0 aromatic heterocycles. The van der Waals surface area contributed by atoms with E-state index in [0.717, 1.165) is 20.1 Å². The Bertz CT molecular complexity index is 781. The van der Waals surface area contributed by atoms with Gasteiger partial charge in [0.25, 0.3) is 0 Å². The molecular weight excluding hydrogens is 398 g/mol. The van der Waals surface area contributed by atoms with Crippen LogP contribution in [-0.2, 0) is 9.53 Å². The Morgan fingerprint density at radius 3 is 2.43 bits per heavy atom. The Morgan fingerprint density at radius 2 is 1.71 bits per heavy atom. The first-order valence-corrected chi connectivity index (χ1v) is 7.74. The van der Waals surface area contributed by atoms with Crippen LogP contribution in [0.25, 0.3) is 6.08 Å². The molecule has 0 aliphatic carbocycles. The average molecular weight is 407 g/mol. The minimum atomic E-state index is -0.440. The Hall–Kier alpha value is -1.72. The number of carbonyl (C=O) groups excluding carboxylic acids is 1. The highest BCUT2D eigenvalue weighted by atomic mass is 79.9. The molecule has 0 N–H and O–H groups in total. The summed E-state index contributed by atoms with van der Waals surface area (Å²) in [6.45, 7) is 0. The molecule has 0 radical (unpaired) electrons. The standard InChI is InChI=1S/C16H9Br2NO2/c17-12-5-1-3-10(7-12)8-14-16(20)21-15(19-14)11-4-2-6-13(18)9-11/h1-9H/b14-8+. The second-order valence-corrected chi connectivity index (χ2v) is 6.23. The second kappa shape index (κ2) is 5.95. The number of hydrogen-bond acceptors (Lipinski definition) is 3. The molecule has 0 bridgehead atoms. The van der Waals surface area contributed by atoms with E-state index in [9.17, 15) is 4.79 Å². The zero-order valence-corrected chi connectivity index (χ0v) is 13.9. The molecule has 104 valence electrons. The molecule has 0 unspecified atom stereocenters. The summed E-state index contributed by atoms with van der Waals surface area (Å²) in [7, 11) is 0. The summed E-state index contributed by atoms with van der Waals surface area (Å²) >= 11 is 6.78. The Balaban J connectivity index is 1.95. The van der Waals surface area contributed by atoms with Crippen molar-refractivity contribution >= 4 is 49.8 Å². The first kappa shape index (κ1) is 14.2. The molecule has 0 fully saturated rings. The van der Waals surface area contributed by atoms with Crippen LogP contribution >= 0.6 is 31.9 Å². The van der Waals surface area contributed by atoms with Gasteiger partial charge in [-0.15, -0.1) is 0 Å². The highest BCUT2D eigenvalue weighted by molar-refractivity contribution is 9.10. The zero-order valence-electron chi connectivity index (χ0n) is 10.7. The van der Waals surface area contributed by atoms with Crippen LogP contribution in [0.3, 0.4) is 0 Å². The van der Waals surface area contributed by atoms with Gasteiger partial charge in [-0.3, -0.25) is 0 Å². The highest BCUT2D eigenvalue weighted by Gasteiger charge is 2.24. The number of cyclic esters (lactones) is 1. The number of rotatable bonds is 2. The number of carbonyl (C=O) groups is 1. The maximum absolute atomic E-state index is 11.9. The van der Waals surface area contributed by atoms with Crippen molar-refractivity contribution in [3.63, 3.8) is 0 Å². The lowest BCUT2D eigenvalue weighted by Crippen LogP contribution is -2.05. The van der Waals surface area contributed by atoms with Crippen molar-refractivity contribution in [2.24, 2.45) is 4.99 Å². The minimum absolute atomic E-state index is 0.295. The lowest BCUT2D eigenvalue weighted by Gasteiger charge is -1.99. The summed E-state index contributed by atoms with van der Waals surface area (Å²) in [5, 5.41) is 0. The van der Waals surface area contributed by atoms with Gasteiger partial charge in [-0.1, -0.05) is 50.1 Å². The van der Waals surface area contributed by atoms with Crippen molar-refractivity contribution in [3.8, 4) is 0 Å². The molecule has 1 aliphatic heterocycles. The number of nitrogens with zero attached hydrogens (tertiary/aromatic N) is 1. The summed E-state index contributed by atoms with van der Waals surface area (Å²) in [5.41, 5.74) is 1.94. The number of ether oxygens (including phenoxy) is 1. The minimum Gasteiger partial charge on any atom is -0.402 e. The molecular formula is C16H9Br2NO2. The van der Waals surface area contributed by atoms with Gasteiger partial charge in [0.2, 0.25) is 5.90 Å². The van der Waals surface area contributed by atoms with E-state index in [4.69, 9.17) is 4.74 Å². The lowest BCUT2D eigenvalue weighted by atomic mass is 10.2. The van der Waals surface area contributed by atoms with E-state index in [0.29, 0.717) is 11.6 Å². The number of halogens is 2. The van der Waals surface area contributed by atoms with Gasteiger partial charge in [-0.05, 0) is 42.0 Å². The fourth-order valence-electron chi connectivity index (χ4n) is 1.91. The third-order valence-corrected chi connectivity index (χ3v) is 3.83. The third kappa shape index (κ3) is 3.31. The van der Waals surface area contributed by atoms with E-state index in [1.165, 1.54) is 0 Å². The molecule has 2 aromatic carbocycles. The number of esters is 1. The van der Waals surface area contributed by atoms with E-state index in [1.807, 2.05) is 48.5 Å². The molecule has 21 heavy (non-hydrogen) atoms. The zero-order chi connectivity index (χ0) is 14.8. The van der Waals surface area contributed by atoms with Crippen LogP contribution in [0.15, 0.2) is 68.2 Å². The first-order valence-electron chi connectivity index (χ1n) is 6.16. The molecule has 5 heteroatoms. The van der Waals surface area contributed by atoms with Crippen LogP contribution in [-0.4, -0.2) is 11.9 Å². The largest absolute Gasteiger partial charge is 0.402 e. The van der Waals surface area contributed by atoms with Crippen molar-refractivity contribution in [2.75, 3.05) is 0 Å². The van der Waals surface area contributed by atoms with Crippen LogP contribution < -0.4 is 0 Å². The Labute approximate surface area is 138 Å². The van der Waals surface area contributed by atoms with Gasteiger partial charge in [-0.2, -0.15) is 0 Å². The molecule has 0 saturated carbocycles. The predicted octanol–water partition coefficient (Wildman–Crippen LogP) is 4.56. The predicted molar refractivity (Wildman–Crippen MR) is 88.9 cm³/mol. The van der Waals surface area contributed by atoms with Gasteiger partial charge < -0.3 is 4.74 Å². The van der Waals surface area contributed by atoms with E-state index < -0.39 is 5.97 Å². The normalized spacial score (nSPS) is 16.0. The summed E-state index contributed by atoms with van der Waals surface area (Å²) in [5.74, 6) is -0.118. The lowest BCUT2D eigenvalue weighted by molar-refractivity contribution is -0.129. The van der Waals surface area contributed by atoms with Crippen molar-refractivity contribution in [1.82, 2.24) is 0 Å². The second-order valence-electron chi connectivity index (χ2n) is 4.40. The van der Waals surface area contributed by atoms with Gasteiger partial charge in [0.1, 0.15) is 0 Å². The highest BCUT2D eigenvalue weighted by Crippen LogP contribution is 2.22. The first-order chi connectivity index (χ1) is 10.1. The molecule has 0 atom stereocenters. The van der Waals surface area contributed by atoms with E-state index in [2.05, 4.69) is 36.9 Å². The van der Waals surface area contributed by atoms with Crippen molar-refractivity contribution < 1.29 is 9.53 Å². The summed E-state index contributed by atoms with van der Waals surface area (Å²) in [4.78, 5) is 16.2. The summed E-state index contributed by atoms with van der Waals surface area (Å²) in [6.07, 6.45) is 1.71. The Morgan fingerprint density at radius 1 is 1.00 bits per heavy atom. The van der Waals surface area contributed by atoms with Crippen LogP contribution in [0.1, 0.15) is 11.1 Å². The smallest absolute Gasteiger partial charge is 0.363 e. The van der Waals surface area contributed by atoms with Crippen LogP contribution in [0.2, 0.25) is 0 Å². The van der Waals surface area contributed by atoms with Crippen molar-refractivity contribution in [1.29, 1.82) is 0 Å². The molecule has 0 saturated heterocycles. The van der Waals surface area contributed by atoms with E-state index in [1.54, 1.807) is 6.08 Å². The van der Waals surface area contributed by atoms with Crippen LogP contribution in [0.4, 0.5) is 0 Å². The van der Waals surface area contributed by atoms with Gasteiger partial charge in [0.15, 0.2) is 5.70 Å². The third-order valence-electron chi connectivity index (χ3n) is 2.84. The molecule has 3 rings (SSSR count). The van der Waals surface area contributed by atoms with Crippen molar-refractivity contribution in [2.45, 2.75) is 0 Å². The number of hydrogen-bond donors (Lipinski definition) is 0. The SMILES string of the molecule is O=C1OC(c2cccc(Br)c2)=N/C1=C/c1cccc(Br)c1. The molecule has 1 heterocycles. The topological polar surface area (TPSA) is 38.7 Å². The summed E-state index contributed by atoms with van der Waals surface area (Å²) in [6, 6.07) is 15.1. The molecule has 1 aliphatic rings. The maximum Gasteiger partial charge on any atom is 0.363 e. The quantitative estimate of drug-likeness (QED) is 0.541. The molecule has 3 nitrogen and oxygen atoms in total. The maximum atomic E-state index is 11.9. The number of benzene rings is 2. The average Bonchev–Trinajstić information content (AvgIpc) is 2.80. The molecule has 0 amide bonds. The van der Waals surface area contributed by atoms with Gasteiger partial charge in [0, 0.05) is 14.5 Å². The van der Waals surface area contributed by atoms with Crippen LogP contribution in [0.5, 0.6) is 0 Å². The van der Waals surface area contributed by atoms with Crippen molar-refractivity contribution in [3.05, 3.63) is 74.3 Å². The van der Waals surface area contributed by atoms with Crippen LogP contribution in [0, 0.1) is 0 Å². The van der Waals surface area contributed by atoms with E-state index in [-0.39, 0.29) is 0 Å². The van der Waals surface area contributed by atoms with Gasteiger partial charge in [0.05, 0.1) is 0 Å². The Kier molecular flexibility index (Phi) is 4.03. The monoisotopic (exact) mass is 405 g/mol. The van der Waals surface area contributed by atoms with Gasteiger partial charge >= 0.3 is 5.97 Å². The number of aliphatic imine (C=N–C) groups is 1. The fourth-order valence-corrected chi connectivity index (χ4v) is 2.72. The fraction of sp³-hybridized carbons (Fsp3) is 0. The van der Waals surface area contributed by atoms with E-state index >= 15 is 0 Å². The molecule has 2 aromatic rings. The van der Waals surface area contributed by atoms with Gasteiger partial charge in [-0.25, -0.2) is 9.79 Å².